The molecule has 234 valence electrons. The summed E-state index contributed by atoms with van der Waals surface area (Å²) in [6.07, 6.45) is 3.13. The number of β-amino-alcohol motifs (C(OH)–C–C–N with tert-alkyl or cyclic N) is 1. The average Bonchev–Trinajstić information content (AvgIpc) is 3.46. The minimum Gasteiger partial charge on any atom is -0.494 e. The Morgan fingerprint density at radius 1 is 1.14 bits per heavy atom. The van der Waals surface area contributed by atoms with Crippen LogP contribution in [0.2, 0.25) is 0 Å². The lowest BCUT2D eigenvalue weighted by atomic mass is 10.1. The molecule has 1 atom stereocenters. The third-order valence-corrected chi connectivity index (χ3v) is 6.85. The number of methoxy groups -OCH3 is 1. The van der Waals surface area contributed by atoms with Crippen LogP contribution in [0.5, 0.6) is 5.75 Å². The first kappa shape index (κ1) is 33.5. The van der Waals surface area contributed by atoms with Crippen molar-refractivity contribution < 1.29 is 29.3 Å². The number of carbonyl (C=O) groups excluding carboxylic acids is 2. The minimum atomic E-state index is -0.348. The first-order valence-electron chi connectivity index (χ1n) is 13.9. The van der Waals surface area contributed by atoms with Crippen LogP contribution in [-0.4, -0.2) is 104 Å². The number of rotatable bonds is 12. The van der Waals surface area contributed by atoms with Crippen LogP contribution in [-0.2, 0) is 9.59 Å². The molecule has 0 spiro atoms. The van der Waals surface area contributed by atoms with Crippen molar-refractivity contribution in [2.45, 2.75) is 12.5 Å². The molecule has 4 N–H and O–H groups in total. The zero-order valence-corrected chi connectivity index (χ0v) is 25.4. The summed E-state index contributed by atoms with van der Waals surface area (Å²) in [7, 11) is 7.49. The van der Waals surface area contributed by atoms with Crippen molar-refractivity contribution in [2.24, 2.45) is 0 Å². The van der Waals surface area contributed by atoms with E-state index in [1.165, 1.54) is 12.3 Å². The first-order valence-corrected chi connectivity index (χ1v) is 13.9. The number of amides is 1. The lowest BCUT2D eigenvalue weighted by molar-refractivity contribution is -0.122. The number of carbonyl (C=O) groups is 3. The van der Waals surface area contributed by atoms with Crippen LogP contribution in [0.4, 0.5) is 28.7 Å². The average molecular weight is 606 g/mol. The first-order chi connectivity index (χ1) is 21.1. The number of aromatic nitrogens is 2. The summed E-state index contributed by atoms with van der Waals surface area (Å²) in [5, 5.41) is 22.7. The van der Waals surface area contributed by atoms with Crippen LogP contribution in [0, 0.1) is 0 Å². The predicted octanol–water partition coefficient (Wildman–Crippen LogP) is 2.85. The van der Waals surface area contributed by atoms with Gasteiger partial charge in [-0.05, 0) is 63.0 Å². The zero-order valence-electron chi connectivity index (χ0n) is 25.4. The number of aliphatic hydroxyl groups is 1. The van der Waals surface area contributed by atoms with Crippen LogP contribution >= 0.6 is 0 Å². The van der Waals surface area contributed by atoms with Gasteiger partial charge < -0.3 is 40.3 Å². The van der Waals surface area contributed by atoms with Crippen LogP contribution in [0.15, 0.2) is 61.3 Å². The molecule has 2 aromatic carbocycles. The summed E-state index contributed by atoms with van der Waals surface area (Å²) < 4.78 is 5.65. The summed E-state index contributed by atoms with van der Waals surface area (Å²) in [5.41, 5.74) is 3.52. The van der Waals surface area contributed by atoms with E-state index in [0.29, 0.717) is 35.8 Å². The van der Waals surface area contributed by atoms with Gasteiger partial charge in [0, 0.05) is 56.7 Å². The van der Waals surface area contributed by atoms with E-state index in [0.717, 1.165) is 30.9 Å². The van der Waals surface area contributed by atoms with Crippen LogP contribution in [0.3, 0.4) is 0 Å². The van der Waals surface area contributed by atoms with E-state index in [4.69, 9.17) is 14.6 Å². The van der Waals surface area contributed by atoms with Crippen molar-refractivity contribution >= 4 is 46.9 Å². The maximum absolute atomic E-state index is 13.2. The maximum atomic E-state index is 13.2. The Kier molecular flexibility index (Phi) is 12.2. The van der Waals surface area contributed by atoms with Gasteiger partial charge in [0.1, 0.15) is 11.4 Å². The number of hydrogen-bond donors (Lipinski definition) is 4. The van der Waals surface area contributed by atoms with E-state index in [9.17, 15) is 14.7 Å². The van der Waals surface area contributed by atoms with E-state index in [2.05, 4.69) is 37.0 Å². The molecule has 0 radical (unpaired) electrons. The number of benzene rings is 2. The molecule has 0 aliphatic carbocycles. The molecule has 1 aliphatic rings. The fraction of sp³-hybridized carbons (Fsp3) is 0.323. The topological polar surface area (TPSA) is 160 Å². The quantitative estimate of drug-likeness (QED) is 0.136. The monoisotopic (exact) mass is 605 g/mol. The SMILES string of the molecule is C=CC(=O)Nc1cc(Nc2nccc(C(=O)c3ccc(N4CCC(O)C4)cc3)n2)c(OC)cc1N(C)CCN(C)C.O=CO. The molecule has 1 amide bonds. The Morgan fingerprint density at radius 2 is 1.84 bits per heavy atom. The van der Waals surface area contributed by atoms with E-state index >= 15 is 0 Å². The number of ketones is 1. The van der Waals surface area contributed by atoms with Crippen LogP contribution in [0.25, 0.3) is 0 Å². The molecule has 2 heterocycles. The molecule has 1 aliphatic heterocycles. The number of anilines is 5. The number of ether oxygens (including phenoxy) is 1. The Morgan fingerprint density at radius 3 is 2.43 bits per heavy atom. The van der Waals surface area contributed by atoms with Crippen LogP contribution in [0.1, 0.15) is 22.5 Å². The van der Waals surface area contributed by atoms with Gasteiger partial charge in [-0.15, -0.1) is 0 Å². The van der Waals surface area contributed by atoms with Crippen molar-refractivity contribution in [3.05, 3.63) is 72.6 Å². The Hall–Kier alpha value is -5.01. The normalized spacial score (nSPS) is 13.9. The van der Waals surface area contributed by atoms with Gasteiger partial charge in [0.2, 0.25) is 17.6 Å². The lowest BCUT2D eigenvalue weighted by Crippen LogP contribution is -2.29. The molecule has 1 fully saturated rings. The number of likely N-dealkylation sites (N-methyl/N-ethyl adjacent to an activating group) is 2. The number of aliphatic hydroxyl groups excluding tert-OH is 1. The standard InChI is InChI=1S/C30H37N7O4.CH2O2/c1-6-28(39)32-24-17-25(27(41-5)18-26(24)36(4)16-15-35(2)3)34-30-31-13-11-23(33-30)29(40)20-7-9-21(10-8-20)37-14-12-22(38)19-37;2-1-3/h6-11,13,17-18,22,38H,1,12,14-16,19H2,2-5H3,(H,32,39)(H,31,33,34);1H,(H,2,3). The highest BCUT2D eigenvalue weighted by Crippen LogP contribution is 2.38. The number of carboxylic acid groups (broad SMARTS) is 1. The second-order valence-corrected chi connectivity index (χ2v) is 10.2. The highest BCUT2D eigenvalue weighted by molar-refractivity contribution is 6.08. The van der Waals surface area contributed by atoms with Gasteiger partial charge in [0.05, 0.1) is 30.3 Å². The second kappa shape index (κ2) is 16.0. The van der Waals surface area contributed by atoms with Crippen molar-refractivity contribution in [3.8, 4) is 5.75 Å². The molecule has 4 rings (SSSR count). The molecule has 1 aromatic heterocycles. The smallest absolute Gasteiger partial charge is 0.290 e. The summed E-state index contributed by atoms with van der Waals surface area (Å²) in [5.74, 6) is 0.120. The Bertz CT molecular complexity index is 1450. The zero-order chi connectivity index (χ0) is 32.2. The van der Waals surface area contributed by atoms with Crippen molar-refractivity contribution in [1.29, 1.82) is 0 Å². The molecule has 13 heteroatoms. The van der Waals surface area contributed by atoms with E-state index in [1.807, 2.05) is 44.2 Å². The Labute approximate surface area is 256 Å². The van der Waals surface area contributed by atoms with Gasteiger partial charge in [-0.25, -0.2) is 9.97 Å². The van der Waals surface area contributed by atoms with E-state index in [1.54, 1.807) is 31.4 Å². The maximum Gasteiger partial charge on any atom is 0.290 e. The minimum absolute atomic E-state index is 0.200. The fourth-order valence-electron chi connectivity index (χ4n) is 4.52. The summed E-state index contributed by atoms with van der Waals surface area (Å²) in [6, 6.07) is 12.4. The molecule has 3 aromatic rings. The molecule has 13 nitrogen and oxygen atoms in total. The van der Waals surface area contributed by atoms with Gasteiger partial charge in [0.25, 0.3) is 6.47 Å². The number of nitrogens with one attached hydrogen (secondary N) is 2. The van der Waals surface area contributed by atoms with E-state index < -0.39 is 0 Å². The largest absolute Gasteiger partial charge is 0.494 e. The van der Waals surface area contributed by atoms with Crippen molar-refractivity contribution in [1.82, 2.24) is 14.9 Å². The van der Waals surface area contributed by atoms with Crippen molar-refractivity contribution in [2.75, 3.05) is 74.9 Å². The molecule has 1 saturated heterocycles. The molecular weight excluding hydrogens is 566 g/mol. The van der Waals surface area contributed by atoms with Crippen LogP contribution < -0.4 is 25.2 Å². The van der Waals surface area contributed by atoms with Gasteiger partial charge in [-0.3, -0.25) is 14.4 Å². The number of nitrogens with zero attached hydrogens (tertiary/aromatic N) is 5. The van der Waals surface area contributed by atoms with Gasteiger partial charge in [-0.1, -0.05) is 6.58 Å². The van der Waals surface area contributed by atoms with E-state index in [-0.39, 0.29) is 35.9 Å². The summed E-state index contributed by atoms with van der Waals surface area (Å²) in [6.45, 7) is 6.21. The highest BCUT2D eigenvalue weighted by Gasteiger charge is 2.21. The molecule has 44 heavy (non-hydrogen) atoms. The highest BCUT2D eigenvalue weighted by atomic mass is 16.5. The van der Waals surface area contributed by atoms with Crippen molar-refractivity contribution in [3.63, 3.8) is 0 Å². The molecular formula is C31H39N7O6. The fourth-order valence-corrected chi connectivity index (χ4v) is 4.52. The summed E-state index contributed by atoms with van der Waals surface area (Å²) >= 11 is 0. The number of hydrogen-bond acceptors (Lipinski definition) is 11. The lowest BCUT2D eigenvalue weighted by Gasteiger charge is -2.26. The Balaban J connectivity index is 0.00000169. The predicted molar refractivity (Wildman–Crippen MR) is 170 cm³/mol. The van der Waals surface area contributed by atoms with Gasteiger partial charge in [-0.2, -0.15) is 0 Å². The summed E-state index contributed by atoms with van der Waals surface area (Å²) in [4.78, 5) is 48.8. The third-order valence-electron chi connectivity index (χ3n) is 6.85. The molecule has 0 bridgehead atoms. The molecule has 0 saturated carbocycles. The second-order valence-electron chi connectivity index (χ2n) is 10.2. The van der Waals surface area contributed by atoms with Gasteiger partial charge >= 0.3 is 0 Å². The molecule has 1 unspecified atom stereocenters. The third kappa shape index (κ3) is 8.99. The van der Waals surface area contributed by atoms with Gasteiger partial charge in [0.15, 0.2) is 0 Å².